The zero-order valence-electron chi connectivity index (χ0n) is 12.1. The van der Waals surface area contributed by atoms with Crippen molar-refractivity contribution in [1.29, 1.82) is 5.26 Å². The molecule has 2 aromatic carbocycles. The number of aromatic nitrogens is 1. The van der Waals surface area contributed by atoms with Crippen LogP contribution in [0.1, 0.15) is 5.89 Å². The second kappa shape index (κ2) is 6.40. The van der Waals surface area contributed by atoms with E-state index in [9.17, 15) is 15.4 Å². The number of nitro groups is 1. The number of fused-ring (bicyclic) bond motifs is 1. The Morgan fingerprint density at radius 3 is 2.75 bits per heavy atom. The van der Waals surface area contributed by atoms with Crippen LogP contribution in [-0.4, -0.2) is 9.91 Å². The van der Waals surface area contributed by atoms with E-state index in [1.54, 1.807) is 18.2 Å². The molecule has 0 aliphatic heterocycles. The minimum atomic E-state index is -0.482. The van der Waals surface area contributed by atoms with Crippen LogP contribution in [0.15, 0.2) is 53.1 Å². The number of non-ortho nitro benzene ring substituents is 1. The lowest BCUT2D eigenvalue weighted by molar-refractivity contribution is -0.384. The van der Waals surface area contributed by atoms with Crippen LogP contribution in [-0.2, 0) is 0 Å². The van der Waals surface area contributed by atoms with E-state index < -0.39 is 4.92 Å². The molecule has 0 saturated carbocycles. The third-order valence-corrected chi connectivity index (χ3v) is 3.40. The van der Waals surface area contributed by atoms with E-state index in [4.69, 9.17) is 16.0 Å². The van der Waals surface area contributed by atoms with Crippen LogP contribution in [0.25, 0.3) is 16.7 Å². The zero-order chi connectivity index (χ0) is 17.1. The number of hydrogen-bond acceptors (Lipinski definition) is 6. The summed E-state index contributed by atoms with van der Waals surface area (Å²) < 4.78 is 5.53. The van der Waals surface area contributed by atoms with Crippen molar-refractivity contribution >= 4 is 39.6 Å². The molecular weight excluding hydrogens is 332 g/mol. The summed E-state index contributed by atoms with van der Waals surface area (Å²) in [6.45, 7) is 0. The average molecular weight is 341 g/mol. The standard InChI is InChI=1S/C16H9ClN4O3/c17-11-1-6-15-14(7-11)20-16(24-15)10(8-18)9-19-12-2-4-13(5-3-12)21(22)23/h1-7,9,19H/b10-9+. The summed E-state index contributed by atoms with van der Waals surface area (Å²) in [6.07, 6.45) is 1.42. The van der Waals surface area contributed by atoms with Gasteiger partial charge in [0.1, 0.15) is 17.2 Å². The number of nitriles is 1. The van der Waals surface area contributed by atoms with E-state index in [-0.39, 0.29) is 17.2 Å². The van der Waals surface area contributed by atoms with Crippen molar-refractivity contribution in [1.82, 2.24) is 4.98 Å². The first-order valence-corrected chi connectivity index (χ1v) is 7.12. The summed E-state index contributed by atoms with van der Waals surface area (Å²) >= 11 is 5.90. The van der Waals surface area contributed by atoms with Gasteiger partial charge in [-0.15, -0.1) is 0 Å². The molecule has 0 bridgehead atoms. The highest BCUT2D eigenvalue weighted by Crippen LogP contribution is 2.24. The van der Waals surface area contributed by atoms with Crippen molar-refractivity contribution < 1.29 is 9.34 Å². The van der Waals surface area contributed by atoms with E-state index in [1.807, 2.05) is 6.07 Å². The number of nitrogens with one attached hydrogen (secondary N) is 1. The molecule has 0 amide bonds. The van der Waals surface area contributed by atoms with E-state index in [0.29, 0.717) is 21.8 Å². The van der Waals surface area contributed by atoms with E-state index in [1.165, 1.54) is 30.5 Å². The van der Waals surface area contributed by atoms with Crippen LogP contribution in [0.2, 0.25) is 5.02 Å². The maximum Gasteiger partial charge on any atom is 0.269 e. The Balaban J connectivity index is 1.85. The van der Waals surface area contributed by atoms with Gasteiger partial charge in [0.2, 0.25) is 5.89 Å². The summed E-state index contributed by atoms with van der Waals surface area (Å²) in [4.78, 5) is 14.4. The Morgan fingerprint density at radius 2 is 2.08 bits per heavy atom. The highest BCUT2D eigenvalue weighted by Gasteiger charge is 2.11. The average Bonchev–Trinajstić information content (AvgIpc) is 2.98. The number of oxazole rings is 1. The largest absolute Gasteiger partial charge is 0.435 e. The summed E-state index contributed by atoms with van der Waals surface area (Å²) in [5.41, 5.74) is 1.83. The predicted molar refractivity (Wildman–Crippen MR) is 89.3 cm³/mol. The fourth-order valence-corrected chi connectivity index (χ4v) is 2.16. The van der Waals surface area contributed by atoms with Gasteiger partial charge in [-0.1, -0.05) is 11.6 Å². The number of nitrogens with zero attached hydrogens (tertiary/aromatic N) is 3. The van der Waals surface area contributed by atoms with Crippen LogP contribution in [0.5, 0.6) is 0 Å². The maximum absolute atomic E-state index is 10.6. The summed E-state index contributed by atoms with van der Waals surface area (Å²) in [5.74, 6) is 0.157. The van der Waals surface area contributed by atoms with E-state index >= 15 is 0 Å². The first-order valence-electron chi connectivity index (χ1n) is 6.74. The molecule has 0 unspecified atom stereocenters. The number of hydrogen-bond donors (Lipinski definition) is 1. The molecule has 0 fully saturated rings. The number of rotatable bonds is 4. The highest BCUT2D eigenvalue weighted by atomic mass is 35.5. The van der Waals surface area contributed by atoms with E-state index in [2.05, 4.69) is 10.3 Å². The monoisotopic (exact) mass is 340 g/mol. The van der Waals surface area contributed by atoms with Crippen molar-refractivity contribution in [3.8, 4) is 6.07 Å². The van der Waals surface area contributed by atoms with Crippen LogP contribution < -0.4 is 5.32 Å². The smallest absolute Gasteiger partial charge is 0.269 e. The first-order chi connectivity index (χ1) is 11.6. The summed E-state index contributed by atoms with van der Waals surface area (Å²) in [5, 5.41) is 23.3. The lowest BCUT2D eigenvalue weighted by atomic mass is 10.2. The van der Waals surface area contributed by atoms with Crippen molar-refractivity contribution in [3.05, 3.63) is 69.7 Å². The molecule has 3 aromatic rings. The molecule has 1 N–H and O–H groups in total. The SMILES string of the molecule is N#C/C(=C\Nc1ccc([N+](=O)[O-])cc1)c1nc2cc(Cl)ccc2o1. The molecule has 8 heteroatoms. The van der Waals surface area contributed by atoms with Crippen LogP contribution in [0.4, 0.5) is 11.4 Å². The summed E-state index contributed by atoms with van der Waals surface area (Å²) in [7, 11) is 0. The van der Waals surface area contributed by atoms with Gasteiger partial charge in [0, 0.05) is 29.0 Å². The fourth-order valence-electron chi connectivity index (χ4n) is 1.99. The molecule has 0 aliphatic rings. The van der Waals surface area contributed by atoms with Gasteiger partial charge in [-0.2, -0.15) is 5.26 Å². The number of anilines is 1. The maximum atomic E-state index is 10.6. The van der Waals surface area contributed by atoms with Gasteiger partial charge in [0.05, 0.1) is 4.92 Å². The molecule has 0 aliphatic carbocycles. The molecule has 0 saturated heterocycles. The van der Waals surface area contributed by atoms with E-state index in [0.717, 1.165) is 0 Å². The van der Waals surface area contributed by atoms with Gasteiger partial charge in [0.15, 0.2) is 5.58 Å². The fraction of sp³-hybridized carbons (Fsp3) is 0. The number of nitro benzene ring substituents is 1. The number of benzene rings is 2. The molecule has 0 radical (unpaired) electrons. The quantitative estimate of drug-likeness (QED) is 0.429. The Bertz CT molecular complexity index is 987. The van der Waals surface area contributed by atoms with Crippen LogP contribution in [0.3, 0.4) is 0 Å². The minimum absolute atomic E-state index is 0.0131. The van der Waals surface area contributed by atoms with Crippen molar-refractivity contribution in [2.24, 2.45) is 0 Å². The second-order valence-corrected chi connectivity index (χ2v) is 5.19. The van der Waals surface area contributed by atoms with Gasteiger partial charge in [-0.25, -0.2) is 4.98 Å². The Hall–Kier alpha value is -3.37. The zero-order valence-corrected chi connectivity index (χ0v) is 12.8. The van der Waals surface area contributed by atoms with Crippen molar-refractivity contribution in [3.63, 3.8) is 0 Å². The first kappa shape index (κ1) is 15.5. The topological polar surface area (TPSA) is 105 Å². The number of allylic oxidation sites excluding steroid dienone is 1. The van der Waals surface area contributed by atoms with Crippen LogP contribution in [0, 0.1) is 21.4 Å². The Morgan fingerprint density at radius 1 is 1.33 bits per heavy atom. The Kier molecular flexibility index (Phi) is 4.14. The van der Waals surface area contributed by atoms with Crippen molar-refractivity contribution in [2.75, 3.05) is 5.32 Å². The molecule has 7 nitrogen and oxygen atoms in total. The molecule has 0 atom stereocenters. The van der Waals surface area contributed by atoms with Gasteiger partial charge < -0.3 is 9.73 Å². The van der Waals surface area contributed by atoms with Gasteiger partial charge in [-0.05, 0) is 30.3 Å². The Labute approximate surface area is 140 Å². The lowest BCUT2D eigenvalue weighted by Crippen LogP contribution is -1.92. The minimum Gasteiger partial charge on any atom is -0.435 e. The molecular formula is C16H9ClN4O3. The highest BCUT2D eigenvalue weighted by molar-refractivity contribution is 6.31. The molecule has 0 spiro atoms. The van der Waals surface area contributed by atoms with Gasteiger partial charge in [-0.3, -0.25) is 10.1 Å². The third kappa shape index (κ3) is 3.19. The normalized spacial score (nSPS) is 11.2. The molecule has 1 heterocycles. The van der Waals surface area contributed by atoms with Gasteiger partial charge in [0.25, 0.3) is 5.69 Å². The predicted octanol–water partition coefficient (Wildman–Crippen LogP) is 4.37. The van der Waals surface area contributed by atoms with Gasteiger partial charge >= 0.3 is 0 Å². The molecule has 1 aromatic heterocycles. The van der Waals surface area contributed by atoms with Crippen molar-refractivity contribution in [2.45, 2.75) is 0 Å². The van der Waals surface area contributed by atoms with Crippen LogP contribution >= 0.6 is 11.6 Å². The molecule has 118 valence electrons. The third-order valence-electron chi connectivity index (χ3n) is 3.16. The summed E-state index contributed by atoms with van der Waals surface area (Å²) in [6, 6.07) is 12.8. The molecule has 3 rings (SSSR count). The number of halogens is 1. The molecule has 24 heavy (non-hydrogen) atoms. The second-order valence-electron chi connectivity index (χ2n) is 4.75. The lowest BCUT2D eigenvalue weighted by Gasteiger charge is -2.00.